The largest absolute Gasteiger partial charge is 0.482 e. The van der Waals surface area contributed by atoms with Gasteiger partial charge in [0.1, 0.15) is 5.75 Å². The van der Waals surface area contributed by atoms with Crippen LogP contribution in [0.15, 0.2) is 23.3 Å². The van der Waals surface area contributed by atoms with E-state index in [0.717, 1.165) is 0 Å². The molecule has 0 radical (unpaired) electrons. The fraction of sp³-hybridized carbons (Fsp3) is 0.529. The van der Waals surface area contributed by atoms with Crippen molar-refractivity contribution in [3.63, 3.8) is 0 Å². The number of amides is 1. The highest BCUT2D eigenvalue weighted by molar-refractivity contribution is 6.35. The third-order valence-corrected chi connectivity index (χ3v) is 5.45. The van der Waals surface area contributed by atoms with Crippen molar-refractivity contribution in [3.8, 4) is 5.75 Å². The van der Waals surface area contributed by atoms with Gasteiger partial charge < -0.3 is 9.84 Å². The first-order chi connectivity index (χ1) is 12.6. The number of halogens is 5. The molecule has 27 heavy (non-hydrogen) atoms. The standard InChI is InChI=1S/C17H17Cl2F3N2O3/c1-9-3-2-4-11-15(9)23-24(16(11,26)17(20,21)22)14(25)8-27-13-6-5-10(18)7-12(13)19/h5-7,9,11,26H,2-4,8H2,1H3/t9-,11+,16+/m1/s1. The van der Waals surface area contributed by atoms with Crippen molar-refractivity contribution in [2.45, 2.75) is 38.1 Å². The van der Waals surface area contributed by atoms with E-state index in [1.807, 2.05) is 0 Å². The second-order valence-corrected chi connectivity index (χ2v) is 7.55. The van der Waals surface area contributed by atoms with Gasteiger partial charge in [-0.3, -0.25) is 4.79 Å². The lowest BCUT2D eigenvalue weighted by Gasteiger charge is -2.38. The lowest BCUT2D eigenvalue weighted by molar-refractivity contribution is -0.317. The lowest BCUT2D eigenvalue weighted by Crippen LogP contribution is -2.62. The highest BCUT2D eigenvalue weighted by atomic mass is 35.5. The highest BCUT2D eigenvalue weighted by Gasteiger charge is 2.69. The fourth-order valence-electron chi connectivity index (χ4n) is 3.54. The number of hydrazone groups is 1. The molecule has 0 bridgehead atoms. The van der Waals surface area contributed by atoms with Crippen molar-refractivity contribution in [3.05, 3.63) is 28.2 Å². The number of ether oxygens (including phenoxy) is 1. The molecule has 1 saturated carbocycles. The summed E-state index contributed by atoms with van der Waals surface area (Å²) >= 11 is 11.7. The molecule has 1 aliphatic carbocycles. The van der Waals surface area contributed by atoms with E-state index >= 15 is 0 Å². The number of aliphatic hydroxyl groups is 1. The van der Waals surface area contributed by atoms with Crippen LogP contribution in [0.4, 0.5) is 13.2 Å². The number of carbonyl (C=O) groups excluding carboxylic acids is 1. The lowest BCUT2D eigenvalue weighted by atomic mass is 9.75. The maximum Gasteiger partial charge on any atom is 0.439 e. The molecule has 0 saturated heterocycles. The molecule has 1 amide bonds. The predicted molar refractivity (Wildman–Crippen MR) is 93.7 cm³/mol. The molecule has 1 heterocycles. The first-order valence-corrected chi connectivity index (χ1v) is 9.09. The summed E-state index contributed by atoms with van der Waals surface area (Å²) in [6, 6.07) is 4.23. The number of nitrogens with zero attached hydrogens (tertiary/aromatic N) is 2. The van der Waals surface area contributed by atoms with Gasteiger partial charge in [0.15, 0.2) is 6.61 Å². The van der Waals surface area contributed by atoms with Gasteiger partial charge in [0, 0.05) is 10.7 Å². The predicted octanol–water partition coefficient (Wildman–Crippen LogP) is 4.26. The maximum atomic E-state index is 13.7. The molecule has 10 heteroatoms. The molecule has 148 valence electrons. The summed E-state index contributed by atoms with van der Waals surface area (Å²) in [6.45, 7) is 0.970. The Balaban J connectivity index is 1.85. The number of alkyl halides is 3. The normalized spacial score (nSPS) is 28.0. The molecule has 3 atom stereocenters. The average Bonchev–Trinajstić information content (AvgIpc) is 2.89. The van der Waals surface area contributed by atoms with Crippen molar-refractivity contribution < 1.29 is 27.8 Å². The fourth-order valence-corrected chi connectivity index (χ4v) is 4.00. The van der Waals surface area contributed by atoms with Crippen LogP contribution < -0.4 is 4.74 Å². The van der Waals surface area contributed by atoms with Crippen molar-refractivity contribution in [1.29, 1.82) is 0 Å². The van der Waals surface area contributed by atoms with Crippen LogP contribution in [-0.4, -0.2) is 40.2 Å². The van der Waals surface area contributed by atoms with Crippen LogP contribution in [0.2, 0.25) is 10.0 Å². The third-order valence-electron chi connectivity index (χ3n) is 4.91. The van der Waals surface area contributed by atoms with Gasteiger partial charge >= 0.3 is 6.18 Å². The minimum absolute atomic E-state index is 0.0857. The van der Waals surface area contributed by atoms with Gasteiger partial charge in [0.2, 0.25) is 0 Å². The third kappa shape index (κ3) is 3.50. The molecule has 5 nitrogen and oxygen atoms in total. The SMILES string of the molecule is C[C@@H]1CCC[C@H]2C1=NN(C(=O)COc1ccc(Cl)cc1Cl)[C@@]2(O)C(F)(F)F. The van der Waals surface area contributed by atoms with Crippen molar-refractivity contribution in [2.75, 3.05) is 6.61 Å². The summed E-state index contributed by atoms with van der Waals surface area (Å²) in [5, 5.41) is 15.0. The minimum atomic E-state index is -5.06. The molecule has 1 aliphatic heterocycles. The minimum Gasteiger partial charge on any atom is -0.482 e. The van der Waals surface area contributed by atoms with Gasteiger partial charge in [-0.05, 0) is 37.0 Å². The average molecular weight is 425 g/mol. The van der Waals surface area contributed by atoms with E-state index in [1.54, 1.807) is 6.92 Å². The zero-order valence-corrected chi connectivity index (χ0v) is 15.8. The van der Waals surface area contributed by atoms with Gasteiger partial charge in [-0.2, -0.15) is 23.3 Å². The molecule has 0 aromatic heterocycles. The smallest absolute Gasteiger partial charge is 0.439 e. The molecule has 1 N–H and O–H groups in total. The molecule has 2 aliphatic rings. The van der Waals surface area contributed by atoms with Gasteiger partial charge in [0.05, 0.1) is 10.9 Å². The van der Waals surface area contributed by atoms with E-state index in [4.69, 9.17) is 27.9 Å². The monoisotopic (exact) mass is 424 g/mol. The summed E-state index contributed by atoms with van der Waals surface area (Å²) in [5.41, 5.74) is -3.18. The number of benzene rings is 1. The molecular formula is C17H17Cl2F3N2O3. The first-order valence-electron chi connectivity index (χ1n) is 8.34. The Morgan fingerprint density at radius 2 is 2.11 bits per heavy atom. The second-order valence-electron chi connectivity index (χ2n) is 6.70. The van der Waals surface area contributed by atoms with Crippen LogP contribution in [0.25, 0.3) is 0 Å². The molecular weight excluding hydrogens is 408 g/mol. The van der Waals surface area contributed by atoms with Crippen LogP contribution in [-0.2, 0) is 4.79 Å². The molecule has 0 spiro atoms. The summed E-state index contributed by atoms with van der Waals surface area (Å²) in [7, 11) is 0. The summed E-state index contributed by atoms with van der Waals surface area (Å²) in [6.07, 6.45) is -3.79. The van der Waals surface area contributed by atoms with Crippen LogP contribution >= 0.6 is 23.2 Å². The Hall–Kier alpha value is -1.51. The van der Waals surface area contributed by atoms with E-state index in [2.05, 4.69) is 5.10 Å². The van der Waals surface area contributed by atoms with Crippen LogP contribution in [0.3, 0.4) is 0 Å². The number of fused-ring (bicyclic) bond motifs is 1. The summed E-state index contributed by atoms with van der Waals surface area (Å²) < 4.78 is 46.4. The Morgan fingerprint density at radius 3 is 2.74 bits per heavy atom. The Bertz CT molecular complexity index is 787. The molecule has 1 aromatic rings. The molecule has 1 fully saturated rings. The van der Waals surface area contributed by atoms with Crippen LogP contribution in [0, 0.1) is 11.8 Å². The number of rotatable bonds is 3. The van der Waals surface area contributed by atoms with Gasteiger partial charge in [-0.1, -0.05) is 36.5 Å². The summed E-state index contributed by atoms with van der Waals surface area (Å²) in [5.74, 6) is -2.55. The topological polar surface area (TPSA) is 62.1 Å². The van der Waals surface area contributed by atoms with Gasteiger partial charge in [0.25, 0.3) is 11.6 Å². The van der Waals surface area contributed by atoms with E-state index in [9.17, 15) is 23.1 Å². The van der Waals surface area contributed by atoms with E-state index < -0.39 is 30.3 Å². The maximum absolute atomic E-state index is 13.7. The second kappa shape index (κ2) is 7.14. The van der Waals surface area contributed by atoms with Crippen LogP contribution in [0.1, 0.15) is 26.2 Å². The van der Waals surface area contributed by atoms with Crippen molar-refractivity contribution in [1.82, 2.24) is 5.01 Å². The van der Waals surface area contributed by atoms with Crippen LogP contribution in [0.5, 0.6) is 5.75 Å². The Morgan fingerprint density at radius 1 is 1.41 bits per heavy atom. The Labute approximate surface area is 163 Å². The molecule has 0 unspecified atom stereocenters. The first kappa shape index (κ1) is 20.2. The molecule has 1 aromatic carbocycles. The number of carbonyl (C=O) groups is 1. The zero-order chi connectivity index (χ0) is 20.0. The summed E-state index contributed by atoms with van der Waals surface area (Å²) in [4.78, 5) is 12.5. The quantitative estimate of drug-likeness (QED) is 0.788. The van der Waals surface area contributed by atoms with Gasteiger partial charge in [-0.25, -0.2) is 0 Å². The number of hydrogen-bond donors (Lipinski definition) is 1. The van der Waals surface area contributed by atoms with Crippen molar-refractivity contribution >= 4 is 34.8 Å². The van der Waals surface area contributed by atoms with E-state index in [1.165, 1.54) is 18.2 Å². The van der Waals surface area contributed by atoms with Gasteiger partial charge in [-0.15, -0.1) is 0 Å². The highest BCUT2D eigenvalue weighted by Crippen LogP contribution is 2.49. The van der Waals surface area contributed by atoms with Crippen molar-refractivity contribution in [2.24, 2.45) is 16.9 Å². The number of hydrogen-bond acceptors (Lipinski definition) is 4. The van der Waals surface area contributed by atoms with E-state index in [-0.39, 0.29) is 33.8 Å². The Kier molecular flexibility index (Phi) is 5.35. The zero-order valence-electron chi connectivity index (χ0n) is 14.3. The van der Waals surface area contributed by atoms with E-state index in [0.29, 0.717) is 17.9 Å². The molecule has 3 rings (SSSR count).